The van der Waals surface area contributed by atoms with Gasteiger partial charge < -0.3 is 14.2 Å². The predicted molar refractivity (Wildman–Crippen MR) is 219 cm³/mol. The minimum absolute atomic E-state index is 0.595. The first-order chi connectivity index (χ1) is 26.2. The van der Waals surface area contributed by atoms with Gasteiger partial charge in [-0.2, -0.15) is 5.26 Å². The van der Waals surface area contributed by atoms with E-state index in [0.717, 1.165) is 55.9 Å². The van der Waals surface area contributed by atoms with Crippen LogP contribution in [0.25, 0.3) is 53.7 Å². The summed E-state index contributed by atoms with van der Waals surface area (Å²) in [7, 11) is 0. The average molecular weight is 676 g/mol. The summed E-state index contributed by atoms with van der Waals surface area (Å²) >= 11 is 0. The van der Waals surface area contributed by atoms with Gasteiger partial charge in [0, 0.05) is 44.3 Å². The molecule has 246 valence electrons. The monoisotopic (exact) mass is 675 g/mol. The molecule has 0 saturated carbocycles. The second-order valence-electron chi connectivity index (χ2n) is 13.2. The Balaban J connectivity index is 1.26. The van der Waals surface area contributed by atoms with Gasteiger partial charge in [-0.25, -0.2) is 4.85 Å². The highest BCUT2D eigenvalue weighted by molar-refractivity contribution is 6.31. The standard InChI is InChI=1S/C48H29N5/c1-50-42-20-10-13-23-45(42)52(35-17-6-3-7-18-35)37-26-27-38-41-28-32-24-25-36(51(34-15-4-2-5-16-34)43-21-11-8-14-33(43)31-49)29-40(32)47-39-19-9-12-22-44(39)53(48(41)47)46(38)30-37/h2-30H. The van der Waals surface area contributed by atoms with Crippen LogP contribution in [-0.2, 0) is 0 Å². The van der Waals surface area contributed by atoms with Crippen molar-refractivity contribution < 1.29 is 0 Å². The van der Waals surface area contributed by atoms with E-state index in [0.29, 0.717) is 11.3 Å². The molecule has 0 amide bonds. The summed E-state index contributed by atoms with van der Waals surface area (Å²) < 4.78 is 2.41. The van der Waals surface area contributed by atoms with Crippen LogP contribution in [0.3, 0.4) is 0 Å². The molecule has 0 spiro atoms. The molecule has 8 aromatic carbocycles. The average Bonchev–Trinajstić information content (AvgIpc) is 3.74. The first-order valence-electron chi connectivity index (χ1n) is 17.5. The van der Waals surface area contributed by atoms with Crippen molar-refractivity contribution in [2.24, 2.45) is 0 Å². The van der Waals surface area contributed by atoms with Crippen LogP contribution in [0.4, 0.5) is 39.8 Å². The lowest BCUT2D eigenvalue weighted by atomic mass is 9.99. The third-order valence-corrected chi connectivity index (χ3v) is 10.3. The maximum Gasteiger partial charge on any atom is 0.210 e. The molecule has 5 heteroatoms. The summed E-state index contributed by atoms with van der Waals surface area (Å²) in [6.07, 6.45) is 0. The molecule has 0 N–H and O–H groups in total. The molecule has 0 aliphatic rings. The van der Waals surface area contributed by atoms with Crippen molar-refractivity contribution in [1.29, 1.82) is 5.26 Å². The maximum atomic E-state index is 10.1. The molecule has 0 saturated heterocycles. The largest absolute Gasteiger partial charge is 0.320 e. The minimum Gasteiger partial charge on any atom is -0.320 e. The highest BCUT2D eigenvalue weighted by atomic mass is 15.2. The number of fused-ring (bicyclic) bond motifs is 8. The number of hydrogen-bond acceptors (Lipinski definition) is 3. The van der Waals surface area contributed by atoms with E-state index in [4.69, 9.17) is 6.57 Å². The van der Waals surface area contributed by atoms with Gasteiger partial charge >= 0.3 is 0 Å². The Morgan fingerprint density at radius 2 is 1.11 bits per heavy atom. The van der Waals surface area contributed by atoms with Crippen LogP contribution in [0.15, 0.2) is 176 Å². The van der Waals surface area contributed by atoms with Gasteiger partial charge in [-0.15, -0.1) is 0 Å². The minimum atomic E-state index is 0.595. The van der Waals surface area contributed by atoms with Crippen LogP contribution in [0.1, 0.15) is 5.56 Å². The third kappa shape index (κ3) is 4.62. The van der Waals surface area contributed by atoms with E-state index in [1.54, 1.807) is 0 Å². The summed E-state index contributed by atoms with van der Waals surface area (Å²) in [5.41, 5.74) is 10.2. The molecule has 0 bridgehead atoms. The van der Waals surface area contributed by atoms with Gasteiger partial charge in [-0.3, -0.25) is 0 Å². The topological polar surface area (TPSA) is 39.0 Å². The maximum absolute atomic E-state index is 10.1. The molecular weight excluding hydrogens is 647 g/mol. The fraction of sp³-hybridized carbons (Fsp3) is 0. The lowest BCUT2D eigenvalue weighted by Gasteiger charge is -2.26. The van der Waals surface area contributed by atoms with E-state index in [1.165, 1.54) is 27.1 Å². The zero-order valence-electron chi connectivity index (χ0n) is 28.5. The fourth-order valence-electron chi connectivity index (χ4n) is 8.06. The summed E-state index contributed by atoms with van der Waals surface area (Å²) in [6, 6.07) is 62.8. The van der Waals surface area contributed by atoms with Gasteiger partial charge in [-0.1, -0.05) is 97.1 Å². The summed E-state index contributed by atoms with van der Waals surface area (Å²) in [5, 5.41) is 17.2. The van der Waals surface area contributed by atoms with Crippen LogP contribution in [0, 0.1) is 17.9 Å². The Morgan fingerprint density at radius 1 is 0.491 bits per heavy atom. The van der Waals surface area contributed by atoms with Crippen molar-refractivity contribution >= 4 is 88.7 Å². The first-order valence-corrected chi connectivity index (χ1v) is 17.5. The Morgan fingerprint density at radius 3 is 1.87 bits per heavy atom. The van der Waals surface area contributed by atoms with Crippen LogP contribution in [0.5, 0.6) is 0 Å². The van der Waals surface area contributed by atoms with Gasteiger partial charge in [-0.05, 0) is 89.6 Å². The molecule has 5 nitrogen and oxygen atoms in total. The molecule has 10 aromatic rings. The van der Waals surface area contributed by atoms with Crippen LogP contribution in [-0.4, -0.2) is 4.40 Å². The number of anilines is 6. The molecule has 2 heterocycles. The molecule has 0 aliphatic heterocycles. The second-order valence-corrected chi connectivity index (χ2v) is 13.2. The van der Waals surface area contributed by atoms with Crippen LogP contribution >= 0.6 is 0 Å². The molecule has 10 rings (SSSR count). The number of nitrogens with zero attached hydrogens (tertiary/aromatic N) is 5. The number of hydrogen-bond donors (Lipinski definition) is 0. The lowest BCUT2D eigenvalue weighted by molar-refractivity contribution is 1.27. The van der Waals surface area contributed by atoms with Crippen molar-refractivity contribution in [3.63, 3.8) is 0 Å². The Hall–Kier alpha value is -7.60. The molecule has 0 aliphatic carbocycles. The first kappa shape index (κ1) is 30.2. The van der Waals surface area contributed by atoms with Gasteiger partial charge in [0.15, 0.2) is 0 Å². The summed E-state index contributed by atoms with van der Waals surface area (Å²) in [5.74, 6) is 0. The lowest BCUT2D eigenvalue weighted by Crippen LogP contribution is -2.11. The smallest absolute Gasteiger partial charge is 0.210 e. The quantitative estimate of drug-likeness (QED) is 0.165. The van der Waals surface area contributed by atoms with Gasteiger partial charge in [0.25, 0.3) is 0 Å². The molecule has 53 heavy (non-hydrogen) atoms. The third-order valence-electron chi connectivity index (χ3n) is 10.3. The molecule has 0 atom stereocenters. The zero-order chi connectivity index (χ0) is 35.5. The molecule has 0 fully saturated rings. The van der Waals surface area contributed by atoms with Crippen LogP contribution < -0.4 is 9.80 Å². The fourth-order valence-corrected chi connectivity index (χ4v) is 8.06. The Bertz CT molecular complexity index is 2970. The highest BCUT2D eigenvalue weighted by Crippen LogP contribution is 2.47. The van der Waals surface area contributed by atoms with E-state index in [-0.39, 0.29) is 0 Å². The summed E-state index contributed by atoms with van der Waals surface area (Å²) in [4.78, 5) is 8.25. The Labute approximate surface area is 306 Å². The van der Waals surface area contributed by atoms with Gasteiger partial charge in [0.1, 0.15) is 6.07 Å². The van der Waals surface area contributed by atoms with E-state index < -0.39 is 0 Å². The molecule has 2 aromatic heterocycles. The van der Waals surface area contributed by atoms with Crippen molar-refractivity contribution in [3.8, 4) is 6.07 Å². The number of rotatable bonds is 6. The van der Waals surface area contributed by atoms with E-state index >= 15 is 0 Å². The summed E-state index contributed by atoms with van der Waals surface area (Å²) in [6.45, 7) is 7.97. The van der Waals surface area contributed by atoms with Crippen molar-refractivity contribution in [2.45, 2.75) is 0 Å². The molecular formula is C48H29N5. The van der Waals surface area contributed by atoms with Crippen molar-refractivity contribution in [2.75, 3.05) is 9.80 Å². The van der Waals surface area contributed by atoms with Gasteiger partial charge in [0.05, 0.1) is 40.1 Å². The van der Waals surface area contributed by atoms with Crippen LogP contribution in [0.2, 0.25) is 0 Å². The van der Waals surface area contributed by atoms with E-state index in [9.17, 15) is 5.26 Å². The normalized spacial score (nSPS) is 11.4. The van der Waals surface area contributed by atoms with E-state index in [2.05, 4.69) is 116 Å². The molecule has 0 unspecified atom stereocenters. The number of benzene rings is 8. The van der Waals surface area contributed by atoms with E-state index in [1.807, 2.05) is 84.9 Å². The highest BCUT2D eigenvalue weighted by Gasteiger charge is 2.24. The predicted octanol–water partition coefficient (Wildman–Crippen LogP) is 13.4. The zero-order valence-corrected chi connectivity index (χ0v) is 28.5. The second kappa shape index (κ2) is 12.0. The number of aromatic nitrogens is 1. The van der Waals surface area contributed by atoms with Crippen molar-refractivity contribution in [1.82, 2.24) is 4.40 Å². The van der Waals surface area contributed by atoms with Crippen molar-refractivity contribution in [3.05, 3.63) is 193 Å². The van der Waals surface area contributed by atoms with Gasteiger partial charge in [0.2, 0.25) is 5.69 Å². The Kier molecular flexibility index (Phi) is 6.86. The number of para-hydroxylation sites is 6. The number of nitriles is 1. The molecule has 0 radical (unpaired) electrons. The SMILES string of the molecule is [C-]#[N+]c1ccccc1N(c1ccccc1)c1ccc2c3cc4ccc(N(c5ccccc5)c5ccccc5C#N)cc4c4c5ccccc5n(c2c1)c34.